The first-order valence-corrected chi connectivity index (χ1v) is 8.32. The number of hydrogen-bond donors (Lipinski definition) is 1. The Morgan fingerprint density at radius 3 is 1.19 bits per heavy atom. The van der Waals surface area contributed by atoms with Gasteiger partial charge in [0.1, 0.15) is 5.78 Å². The molecule has 0 aromatic heterocycles. The van der Waals surface area contributed by atoms with E-state index < -0.39 is 5.97 Å². The Hall–Kier alpha value is -1.96. The fourth-order valence-corrected chi connectivity index (χ4v) is 0.621. The van der Waals surface area contributed by atoms with Gasteiger partial charge >= 0.3 is 17.9 Å². The summed E-state index contributed by atoms with van der Waals surface area (Å²) in [5, 5.41) is 7.91. The lowest BCUT2D eigenvalue weighted by Gasteiger charge is -1.89. The second kappa shape index (κ2) is 34.4. The van der Waals surface area contributed by atoms with Crippen LogP contribution in [0.4, 0.5) is 0 Å². The monoisotopic (exact) mass is 382 g/mol. The van der Waals surface area contributed by atoms with E-state index in [-0.39, 0.29) is 17.7 Å². The molecule has 0 rings (SSSR count). The zero-order chi connectivity index (χ0) is 22.0. The van der Waals surface area contributed by atoms with Crippen molar-refractivity contribution < 1.29 is 38.5 Å². The van der Waals surface area contributed by atoms with Gasteiger partial charge in [-0.3, -0.25) is 14.4 Å². The maximum Gasteiger partial charge on any atom is 0.303 e. The van der Waals surface area contributed by atoms with Crippen LogP contribution in [0.2, 0.25) is 0 Å². The van der Waals surface area contributed by atoms with Gasteiger partial charge in [0.05, 0.1) is 13.7 Å². The van der Waals surface area contributed by atoms with E-state index in [1.165, 1.54) is 34.8 Å². The predicted octanol–water partition coefficient (Wildman–Crippen LogP) is 3.26. The Balaban J connectivity index is -0.0000000712. The molecule has 0 saturated carbocycles. The average molecular weight is 382 g/mol. The lowest BCUT2D eigenvalue weighted by molar-refractivity contribution is -0.140. The van der Waals surface area contributed by atoms with Gasteiger partial charge in [0.25, 0.3) is 0 Å². The van der Waals surface area contributed by atoms with Crippen molar-refractivity contribution in [1.82, 2.24) is 0 Å². The standard InChI is InChI=1S/2C4H8O2.C4H10O.C3H6O2.C3H6O/c1-3-6-4(2)5;1-2-3-4(5)6;1-3-4-5-2;1-3(4)5-2;1-3(2)4/h3H2,1-2H3;2-3H2,1H3,(H,5,6);3-4H2,1-2H3;1-2H3;1-2H3. The van der Waals surface area contributed by atoms with Crippen LogP contribution in [0, 0.1) is 0 Å². The third kappa shape index (κ3) is 151. The highest BCUT2D eigenvalue weighted by Crippen LogP contribution is 1.82. The van der Waals surface area contributed by atoms with Crippen LogP contribution < -0.4 is 0 Å². The highest BCUT2D eigenvalue weighted by molar-refractivity contribution is 5.72. The summed E-state index contributed by atoms with van der Waals surface area (Å²) in [5.74, 6) is -1.000. The molecule has 0 saturated heterocycles. The predicted molar refractivity (Wildman–Crippen MR) is 101 cm³/mol. The molecule has 0 radical (unpaired) electrons. The summed E-state index contributed by atoms with van der Waals surface area (Å²) < 4.78 is 13.2. The van der Waals surface area contributed by atoms with E-state index in [2.05, 4.69) is 16.4 Å². The zero-order valence-electron chi connectivity index (χ0n) is 17.8. The molecule has 8 nitrogen and oxygen atoms in total. The first-order chi connectivity index (χ1) is 12.0. The number of Topliss-reactive ketones (excluding diaryl/α,β-unsaturated/α-hetero) is 1. The average Bonchev–Trinajstić information content (AvgIpc) is 2.49. The van der Waals surface area contributed by atoms with Crippen LogP contribution in [0.3, 0.4) is 0 Å². The van der Waals surface area contributed by atoms with Crippen molar-refractivity contribution in [1.29, 1.82) is 0 Å². The van der Waals surface area contributed by atoms with E-state index in [4.69, 9.17) is 9.84 Å². The quantitative estimate of drug-likeness (QED) is 0.720. The minimum Gasteiger partial charge on any atom is -0.481 e. The number of ether oxygens (including phenoxy) is 3. The van der Waals surface area contributed by atoms with E-state index in [0.29, 0.717) is 13.0 Å². The molecule has 0 aromatic carbocycles. The van der Waals surface area contributed by atoms with Gasteiger partial charge < -0.3 is 24.1 Å². The SMILES string of the molecule is CC(C)=O.CCCC(=O)O.CCCOC.CCOC(C)=O.COC(C)=O. The van der Waals surface area contributed by atoms with E-state index in [1.807, 2.05) is 6.92 Å². The molecule has 1 N–H and O–H groups in total. The topological polar surface area (TPSA) is 116 Å². The molecule has 0 aliphatic heterocycles. The summed E-state index contributed by atoms with van der Waals surface area (Å²) in [6, 6.07) is 0. The Kier molecular flexibility index (Phi) is 46.6. The van der Waals surface area contributed by atoms with Crippen LogP contribution in [-0.4, -0.2) is 56.2 Å². The van der Waals surface area contributed by atoms with Crippen LogP contribution in [0.15, 0.2) is 0 Å². The smallest absolute Gasteiger partial charge is 0.303 e. The van der Waals surface area contributed by atoms with E-state index in [1.54, 1.807) is 14.0 Å². The first kappa shape index (κ1) is 35.2. The van der Waals surface area contributed by atoms with Crippen molar-refractivity contribution in [2.75, 3.05) is 27.4 Å². The van der Waals surface area contributed by atoms with E-state index in [9.17, 15) is 19.2 Å². The second-order valence-corrected chi connectivity index (χ2v) is 4.67. The number of esters is 2. The maximum atomic E-state index is 9.82. The molecule has 0 spiro atoms. The minimum atomic E-state index is -0.711. The summed E-state index contributed by atoms with van der Waals surface area (Å²) in [6.07, 6.45) is 2.14. The third-order valence-corrected chi connectivity index (χ3v) is 1.51. The van der Waals surface area contributed by atoms with Crippen molar-refractivity contribution in [2.24, 2.45) is 0 Å². The fraction of sp³-hybridized carbons (Fsp3) is 0.778. The normalized spacial score (nSPS) is 7.58. The number of aliphatic carboxylic acids is 1. The number of rotatable bonds is 5. The molecule has 0 unspecified atom stereocenters. The van der Waals surface area contributed by atoms with E-state index in [0.717, 1.165) is 19.4 Å². The lowest BCUT2D eigenvalue weighted by Crippen LogP contribution is -1.95. The number of carbonyl (C=O) groups excluding carboxylic acids is 3. The van der Waals surface area contributed by atoms with Gasteiger partial charge in [0.2, 0.25) is 0 Å². The van der Waals surface area contributed by atoms with Gasteiger partial charge in [-0.2, -0.15) is 0 Å². The number of ketones is 1. The molecule has 0 bridgehead atoms. The first-order valence-electron chi connectivity index (χ1n) is 8.32. The Bertz CT molecular complexity index is 305. The molecular formula is C18H38O8. The van der Waals surface area contributed by atoms with Gasteiger partial charge in [-0.15, -0.1) is 0 Å². The summed E-state index contributed by atoms with van der Waals surface area (Å²) in [5.41, 5.74) is 0. The molecule has 26 heavy (non-hydrogen) atoms. The van der Waals surface area contributed by atoms with Gasteiger partial charge in [0, 0.05) is 34.0 Å². The molecule has 0 fully saturated rings. The molecule has 0 atom stereocenters. The summed E-state index contributed by atoms with van der Waals surface area (Å²) in [4.78, 5) is 38.5. The van der Waals surface area contributed by atoms with Crippen LogP contribution in [0.25, 0.3) is 0 Å². The Morgan fingerprint density at radius 2 is 1.19 bits per heavy atom. The number of carboxylic acids is 1. The number of methoxy groups -OCH3 is 2. The third-order valence-electron chi connectivity index (χ3n) is 1.51. The van der Waals surface area contributed by atoms with Gasteiger partial charge in [0.15, 0.2) is 0 Å². The fourth-order valence-electron chi connectivity index (χ4n) is 0.621. The lowest BCUT2D eigenvalue weighted by atomic mass is 10.4. The van der Waals surface area contributed by atoms with Crippen LogP contribution in [-0.2, 0) is 33.4 Å². The molecule has 158 valence electrons. The minimum absolute atomic E-state index is 0.167. The van der Waals surface area contributed by atoms with Crippen molar-refractivity contribution in [3.05, 3.63) is 0 Å². The second-order valence-electron chi connectivity index (χ2n) is 4.67. The van der Waals surface area contributed by atoms with Gasteiger partial charge in [-0.25, -0.2) is 0 Å². The Morgan fingerprint density at radius 1 is 0.808 bits per heavy atom. The van der Waals surface area contributed by atoms with Crippen LogP contribution >= 0.6 is 0 Å². The maximum absolute atomic E-state index is 9.82. The molecule has 0 heterocycles. The van der Waals surface area contributed by atoms with Crippen molar-refractivity contribution >= 4 is 23.7 Å². The highest BCUT2D eigenvalue weighted by Gasteiger charge is 1.87. The highest BCUT2D eigenvalue weighted by atomic mass is 16.5. The molecule has 0 aromatic rings. The Labute approximate surface area is 158 Å². The van der Waals surface area contributed by atoms with Gasteiger partial charge in [-0.1, -0.05) is 13.8 Å². The summed E-state index contributed by atoms with van der Waals surface area (Å²) in [6.45, 7) is 12.9. The molecular weight excluding hydrogens is 344 g/mol. The summed E-state index contributed by atoms with van der Waals surface area (Å²) >= 11 is 0. The van der Waals surface area contributed by atoms with Crippen molar-refractivity contribution in [3.63, 3.8) is 0 Å². The largest absolute Gasteiger partial charge is 0.481 e. The van der Waals surface area contributed by atoms with E-state index >= 15 is 0 Å². The molecule has 8 heteroatoms. The van der Waals surface area contributed by atoms with Crippen LogP contribution in [0.1, 0.15) is 67.7 Å². The molecule has 0 aliphatic rings. The van der Waals surface area contributed by atoms with Gasteiger partial charge in [-0.05, 0) is 33.6 Å². The number of carbonyl (C=O) groups is 4. The van der Waals surface area contributed by atoms with Crippen molar-refractivity contribution in [2.45, 2.75) is 67.7 Å². The zero-order valence-corrected chi connectivity index (χ0v) is 17.8. The van der Waals surface area contributed by atoms with Crippen molar-refractivity contribution in [3.8, 4) is 0 Å². The molecule has 0 amide bonds. The number of carboxylic acid groups (broad SMARTS) is 1. The number of hydrogen-bond acceptors (Lipinski definition) is 7. The molecule has 0 aliphatic carbocycles. The summed E-state index contributed by atoms with van der Waals surface area (Å²) in [7, 11) is 3.06. The van der Waals surface area contributed by atoms with Crippen LogP contribution in [0.5, 0.6) is 0 Å².